The van der Waals surface area contributed by atoms with E-state index in [-0.39, 0.29) is 11.8 Å². The summed E-state index contributed by atoms with van der Waals surface area (Å²) in [7, 11) is 0. The van der Waals surface area contributed by atoms with Gasteiger partial charge in [0.1, 0.15) is 0 Å². The van der Waals surface area contributed by atoms with Crippen molar-refractivity contribution < 1.29 is 8.78 Å². The number of hydrogen-bond donors (Lipinski definition) is 0. The number of alkyl halides is 4. The highest BCUT2D eigenvalue weighted by Crippen LogP contribution is 2.56. The lowest BCUT2D eigenvalue weighted by atomic mass is 9.88. The molecule has 2 saturated carbocycles. The van der Waals surface area contributed by atoms with Crippen LogP contribution in [-0.4, -0.2) is 10.8 Å². The Kier molecular flexibility index (Phi) is 2.04. The molecule has 0 aromatic rings. The average molecular weight is 215 g/mol. The summed E-state index contributed by atoms with van der Waals surface area (Å²) in [5.41, 5.74) is 0. The molecule has 0 saturated heterocycles. The molecule has 2 fully saturated rings. The van der Waals surface area contributed by atoms with Gasteiger partial charge in [0.05, 0.1) is 5.92 Å². The van der Waals surface area contributed by atoms with Crippen LogP contribution in [0, 0.1) is 17.8 Å². The maximum atomic E-state index is 12.8. The van der Waals surface area contributed by atoms with Gasteiger partial charge in [-0.2, -0.15) is 8.78 Å². The first-order valence-electron chi connectivity index (χ1n) is 4.21. The first kappa shape index (κ1) is 9.01. The summed E-state index contributed by atoms with van der Waals surface area (Å²) in [4.78, 5) is 0. The summed E-state index contributed by atoms with van der Waals surface area (Å²) in [6.07, 6.45) is 2.73. The van der Waals surface area contributed by atoms with Crippen LogP contribution in [0.5, 0.6) is 0 Å². The SMILES string of the molecule is FC(F)(Cl)C1C2CCC(C2)C1Cl. The van der Waals surface area contributed by atoms with Crippen LogP contribution in [0.1, 0.15) is 19.3 Å². The van der Waals surface area contributed by atoms with Crippen LogP contribution >= 0.6 is 23.2 Å². The lowest BCUT2D eigenvalue weighted by Gasteiger charge is -2.29. The fourth-order valence-corrected chi connectivity index (χ4v) is 3.64. The van der Waals surface area contributed by atoms with Crippen LogP contribution in [0.2, 0.25) is 0 Å². The van der Waals surface area contributed by atoms with E-state index < -0.39 is 16.7 Å². The first-order valence-corrected chi connectivity index (χ1v) is 5.02. The molecule has 0 aliphatic heterocycles. The Labute approximate surface area is 80.2 Å². The molecule has 2 aliphatic rings. The van der Waals surface area contributed by atoms with E-state index in [0.29, 0.717) is 0 Å². The van der Waals surface area contributed by atoms with E-state index in [4.69, 9.17) is 23.2 Å². The Morgan fingerprint density at radius 3 is 2.08 bits per heavy atom. The molecule has 0 nitrogen and oxygen atoms in total. The molecule has 0 heterocycles. The molecule has 2 aliphatic carbocycles. The van der Waals surface area contributed by atoms with Crippen LogP contribution in [0.25, 0.3) is 0 Å². The first-order chi connectivity index (χ1) is 5.50. The van der Waals surface area contributed by atoms with E-state index in [1.54, 1.807) is 0 Å². The second kappa shape index (κ2) is 2.71. The molecular formula is C8H10Cl2F2. The summed E-state index contributed by atoms with van der Waals surface area (Å²) in [6, 6.07) is 0. The van der Waals surface area contributed by atoms with Gasteiger partial charge in [0.2, 0.25) is 0 Å². The zero-order chi connectivity index (χ0) is 8.93. The summed E-state index contributed by atoms with van der Waals surface area (Å²) in [5, 5.41) is -3.51. The van der Waals surface area contributed by atoms with E-state index in [2.05, 4.69) is 0 Å². The largest absolute Gasteiger partial charge is 0.326 e. The van der Waals surface area contributed by atoms with Crippen molar-refractivity contribution in [3.8, 4) is 0 Å². The molecule has 70 valence electrons. The maximum absolute atomic E-state index is 12.8. The average Bonchev–Trinajstić information content (AvgIpc) is 2.42. The van der Waals surface area contributed by atoms with Crippen LogP contribution in [0.4, 0.5) is 8.78 Å². The summed E-state index contributed by atoms with van der Waals surface area (Å²) in [6.45, 7) is 0. The number of fused-ring (bicyclic) bond motifs is 2. The van der Waals surface area contributed by atoms with E-state index in [9.17, 15) is 8.78 Å². The van der Waals surface area contributed by atoms with Gasteiger partial charge in [-0.3, -0.25) is 0 Å². The fourth-order valence-electron chi connectivity index (χ4n) is 2.67. The predicted molar refractivity (Wildman–Crippen MR) is 44.8 cm³/mol. The Morgan fingerprint density at radius 1 is 1.17 bits per heavy atom. The van der Waals surface area contributed by atoms with E-state index in [0.717, 1.165) is 19.3 Å². The quantitative estimate of drug-likeness (QED) is 0.587. The molecule has 4 heteroatoms. The van der Waals surface area contributed by atoms with Gasteiger partial charge in [0, 0.05) is 5.38 Å². The molecule has 0 aromatic heterocycles. The standard InChI is InChI=1S/C8H10Cl2F2/c9-7-5-2-1-4(3-5)6(7)8(10,11)12/h4-7H,1-3H2. The lowest BCUT2D eigenvalue weighted by molar-refractivity contribution is 0.00430. The van der Waals surface area contributed by atoms with Gasteiger partial charge in [0.25, 0.3) is 0 Å². The van der Waals surface area contributed by atoms with Crippen LogP contribution < -0.4 is 0 Å². The van der Waals surface area contributed by atoms with Crippen molar-refractivity contribution in [2.24, 2.45) is 17.8 Å². The van der Waals surface area contributed by atoms with Crippen molar-refractivity contribution in [3.05, 3.63) is 0 Å². The summed E-state index contributed by atoms with van der Waals surface area (Å²) in [5.74, 6) is -0.448. The summed E-state index contributed by atoms with van der Waals surface area (Å²) < 4.78 is 25.6. The number of rotatable bonds is 1. The van der Waals surface area contributed by atoms with Gasteiger partial charge < -0.3 is 0 Å². The van der Waals surface area contributed by atoms with Gasteiger partial charge in [-0.15, -0.1) is 11.6 Å². The lowest BCUT2D eigenvalue weighted by Crippen LogP contribution is -2.34. The molecule has 0 N–H and O–H groups in total. The third-order valence-corrected chi connectivity index (χ3v) is 4.07. The number of hydrogen-bond acceptors (Lipinski definition) is 0. The van der Waals surface area contributed by atoms with Crippen molar-refractivity contribution >= 4 is 23.2 Å². The highest BCUT2D eigenvalue weighted by molar-refractivity contribution is 6.25. The van der Waals surface area contributed by atoms with E-state index in [1.807, 2.05) is 0 Å². The second-order valence-electron chi connectivity index (χ2n) is 3.85. The van der Waals surface area contributed by atoms with Crippen LogP contribution in [-0.2, 0) is 0 Å². The Bertz CT molecular complexity index is 188. The molecule has 0 radical (unpaired) electrons. The third kappa shape index (κ3) is 1.24. The van der Waals surface area contributed by atoms with E-state index in [1.165, 1.54) is 0 Å². The minimum atomic E-state index is -3.10. The molecule has 4 atom stereocenters. The predicted octanol–water partition coefficient (Wildman–Crippen LogP) is 3.47. The summed E-state index contributed by atoms with van der Waals surface area (Å²) >= 11 is 10.9. The molecule has 0 aromatic carbocycles. The minimum Gasteiger partial charge on any atom is -0.188 e. The van der Waals surface area contributed by atoms with Crippen molar-refractivity contribution in [2.75, 3.05) is 0 Å². The van der Waals surface area contributed by atoms with Crippen molar-refractivity contribution in [3.63, 3.8) is 0 Å². The van der Waals surface area contributed by atoms with Crippen molar-refractivity contribution in [1.82, 2.24) is 0 Å². The normalized spacial score (nSPS) is 47.0. The van der Waals surface area contributed by atoms with Gasteiger partial charge in [0.15, 0.2) is 0 Å². The van der Waals surface area contributed by atoms with Crippen LogP contribution in [0.3, 0.4) is 0 Å². The molecular weight excluding hydrogens is 205 g/mol. The zero-order valence-corrected chi connectivity index (χ0v) is 7.95. The second-order valence-corrected chi connectivity index (χ2v) is 4.85. The third-order valence-electron chi connectivity index (χ3n) is 3.19. The fraction of sp³-hybridized carbons (Fsp3) is 1.00. The molecule has 4 unspecified atom stereocenters. The highest BCUT2D eigenvalue weighted by atomic mass is 35.5. The smallest absolute Gasteiger partial charge is 0.188 e. The maximum Gasteiger partial charge on any atom is 0.326 e. The monoisotopic (exact) mass is 214 g/mol. The number of halogens is 4. The topological polar surface area (TPSA) is 0 Å². The highest BCUT2D eigenvalue weighted by Gasteiger charge is 2.56. The van der Waals surface area contributed by atoms with E-state index >= 15 is 0 Å². The molecule has 2 rings (SSSR count). The van der Waals surface area contributed by atoms with Gasteiger partial charge in [-0.25, -0.2) is 0 Å². The van der Waals surface area contributed by atoms with Crippen molar-refractivity contribution in [1.29, 1.82) is 0 Å². The molecule has 0 spiro atoms. The van der Waals surface area contributed by atoms with Crippen LogP contribution in [0.15, 0.2) is 0 Å². The zero-order valence-electron chi connectivity index (χ0n) is 6.44. The van der Waals surface area contributed by atoms with Gasteiger partial charge >= 0.3 is 5.38 Å². The minimum absolute atomic E-state index is 0.0602. The van der Waals surface area contributed by atoms with Gasteiger partial charge in [-0.05, 0) is 42.7 Å². The Hall–Kier alpha value is 0.440. The van der Waals surface area contributed by atoms with Gasteiger partial charge in [-0.1, -0.05) is 0 Å². The molecule has 0 amide bonds. The molecule has 12 heavy (non-hydrogen) atoms. The Balaban J connectivity index is 2.17. The Morgan fingerprint density at radius 2 is 1.75 bits per heavy atom. The van der Waals surface area contributed by atoms with Crippen molar-refractivity contribution in [2.45, 2.75) is 30.0 Å². The molecule has 2 bridgehead atoms.